The number of amides is 1. The van der Waals surface area contributed by atoms with Gasteiger partial charge in [-0.15, -0.1) is 0 Å². The van der Waals surface area contributed by atoms with E-state index in [0.717, 1.165) is 0 Å². The number of hydrogen-bond donors (Lipinski definition) is 4. The normalized spacial score (nSPS) is 12.2. The third kappa shape index (κ3) is 4.69. The van der Waals surface area contributed by atoms with Gasteiger partial charge in [0, 0.05) is 34.8 Å². The van der Waals surface area contributed by atoms with E-state index in [1.165, 1.54) is 18.3 Å². The minimum absolute atomic E-state index is 0.219. The van der Waals surface area contributed by atoms with Gasteiger partial charge in [0.2, 0.25) is 0 Å². The molecule has 0 radical (unpaired) electrons. The Morgan fingerprint density at radius 1 is 0.975 bits per heavy atom. The van der Waals surface area contributed by atoms with Gasteiger partial charge in [-0.25, -0.2) is 14.4 Å². The molecule has 6 aromatic rings. The van der Waals surface area contributed by atoms with E-state index in [0.29, 0.717) is 67.2 Å². The lowest BCUT2D eigenvalue weighted by Crippen LogP contribution is -2.21. The topological polar surface area (TPSA) is 138 Å². The Hall–Kier alpha value is -5.64. The van der Waals surface area contributed by atoms with E-state index in [-0.39, 0.29) is 11.7 Å². The van der Waals surface area contributed by atoms with Crippen LogP contribution in [0.1, 0.15) is 23.0 Å². The zero-order chi connectivity index (χ0) is 27.6. The number of carbonyl (C=O) groups is 1. The van der Waals surface area contributed by atoms with Gasteiger partial charge < -0.3 is 16.0 Å². The largest absolute Gasteiger partial charge is 0.404 e. The highest BCUT2D eigenvalue weighted by molar-refractivity contribution is 5.97. The van der Waals surface area contributed by atoms with Crippen LogP contribution in [0.5, 0.6) is 0 Å². The quantitative estimate of drug-likeness (QED) is 0.215. The molecule has 0 aliphatic carbocycles. The number of hydrogen-bond acceptors (Lipinski definition) is 6. The number of imidazole rings is 1. The van der Waals surface area contributed by atoms with Crippen molar-refractivity contribution in [2.45, 2.75) is 6.92 Å². The predicted octanol–water partition coefficient (Wildman–Crippen LogP) is 5.34. The van der Waals surface area contributed by atoms with Crippen LogP contribution in [-0.4, -0.2) is 36.0 Å². The Morgan fingerprint density at radius 2 is 1.82 bits per heavy atom. The number of H-pyrrole nitrogens is 2. The maximum Gasteiger partial charge on any atom is 0.255 e. The molecule has 2 aromatic carbocycles. The molecule has 6 rings (SSSR count). The van der Waals surface area contributed by atoms with E-state index >= 15 is 0 Å². The summed E-state index contributed by atoms with van der Waals surface area (Å²) in [6.07, 6.45) is 6.51. The van der Waals surface area contributed by atoms with Crippen molar-refractivity contribution in [3.8, 4) is 22.6 Å². The van der Waals surface area contributed by atoms with E-state index in [9.17, 15) is 9.18 Å². The van der Waals surface area contributed by atoms with Gasteiger partial charge in [-0.2, -0.15) is 5.10 Å². The first kappa shape index (κ1) is 24.7. The SMILES string of the molecule is C/C(=C\C(=C/N)c1ccc2[nH]nc(-c3nc4c(-c5cccc(F)c5)cncc4[nH]3)c2n1)NC(=O)c1ccccc1. The maximum atomic E-state index is 13.9. The molecule has 1 amide bonds. The fraction of sp³-hybridized carbons (Fsp3) is 0.0333. The molecule has 0 spiro atoms. The number of fused-ring (bicyclic) bond motifs is 2. The first-order valence-electron chi connectivity index (χ1n) is 12.4. The van der Waals surface area contributed by atoms with Crippen molar-refractivity contribution in [3.63, 3.8) is 0 Å². The fourth-order valence-corrected chi connectivity index (χ4v) is 4.45. The monoisotopic (exact) mass is 530 g/mol. The number of halogens is 1. The smallest absolute Gasteiger partial charge is 0.255 e. The number of carbonyl (C=O) groups excluding carboxylic acids is 1. The van der Waals surface area contributed by atoms with E-state index in [4.69, 9.17) is 15.7 Å². The molecule has 0 saturated heterocycles. The highest BCUT2D eigenvalue weighted by atomic mass is 19.1. The van der Waals surface area contributed by atoms with E-state index in [1.54, 1.807) is 43.6 Å². The van der Waals surface area contributed by atoms with Crippen molar-refractivity contribution in [3.05, 3.63) is 114 Å². The molecule has 0 fully saturated rings. The Kier molecular flexibility index (Phi) is 6.33. The van der Waals surface area contributed by atoms with E-state index < -0.39 is 0 Å². The molecule has 0 bridgehead atoms. The summed E-state index contributed by atoms with van der Waals surface area (Å²) < 4.78 is 13.9. The van der Waals surface area contributed by atoms with Gasteiger partial charge in [0.1, 0.15) is 11.3 Å². The zero-order valence-corrected chi connectivity index (χ0v) is 21.3. The third-order valence-electron chi connectivity index (χ3n) is 6.36. The molecule has 40 heavy (non-hydrogen) atoms. The molecule has 0 atom stereocenters. The Balaban J connectivity index is 1.35. The summed E-state index contributed by atoms with van der Waals surface area (Å²) in [4.78, 5) is 29.7. The molecule has 196 valence electrons. The second kappa shape index (κ2) is 10.3. The standard InChI is InChI=1S/C30H23FN8O/c1-17(34-30(40)18-6-3-2-4-7-18)12-20(14-32)23-10-11-24-27(35-23)28(39-38-24)29-36-25-16-33-15-22(26(25)37-29)19-8-5-9-21(31)13-19/h2-16H,32H2,1H3,(H,34,40)(H,36,37)(H,38,39)/b17-12+,20-14+. The summed E-state index contributed by atoms with van der Waals surface area (Å²) in [6.45, 7) is 1.78. The van der Waals surface area contributed by atoms with E-state index in [1.807, 2.05) is 36.4 Å². The Labute approximate surface area is 227 Å². The average molecular weight is 531 g/mol. The summed E-state index contributed by atoms with van der Waals surface area (Å²) in [6, 6.07) is 18.9. The lowest BCUT2D eigenvalue weighted by Gasteiger charge is -2.07. The summed E-state index contributed by atoms with van der Waals surface area (Å²) >= 11 is 0. The lowest BCUT2D eigenvalue weighted by atomic mass is 10.1. The van der Waals surface area contributed by atoms with Gasteiger partial charge in [-0.05, 0) is 55.0 Å². The predicted molar refractivity (Wildman–Crippen MR) is 152 cm³/mol. The van der Waals surface area contributed by atoms with Crippen molar-refractivity contribution in [1.82, 2.24) is 35.5 Å². The molecule has 0 saturated carbocycles. The second-order valence-electron chi connectivity index (χ2n) is 9.11. The minimum atomic E-state index is -0.340. The number of rotatable bonds is 6. The third-order valence-corrected chi connectivity index (χ3v) is 6.36. The van der Waals surface area contributed by atoms with Crippen LogP contribution >= 0.6 is 0 Å². The number of nitrogens with zero attached hydrogens (tertiary/aromatic N) is 4. The molecular formula is C30H23FN8O. The summed E-state index contributed by atoms with van der Waals surface area (Å²) in [7, 11) is 0. The summed E-state index contributed by atoms with van der Waals surface area (Å²) in [5.74, 6) is -0.0760. The van der Waals surface area contributed by atoms with Crippen LogP contribution in [0, 0.1) is 5.82 Å². The summed E-state index contributed by atoms with van der Waals surface area (Å²) in [5.41, 5.74) is 12.8. The highest BCUT2D eigenvalue weighted by Crippen LogP contribution is 2.31. The van der Waals surface area contributed by atoms with Crippen LogP contribution in [0.25, 0.3) is 50.3 Å². The van der Waals surface area contributed by atoms with Gasteiger partial charge in [0.05, 0.1) is 28.4 Å². The van der Waals surface area contributed by atoms with Gasteiger partial charge >= 0.3 is 0 Å². The minimum Gasteiger partial charge on any atom is -0.404 e. The number of aromatic amines is 2. The van der Waals surface area contributed by atoms with Crippen LogP contribution in [0.15, 0.2) is 97.1 Å². The Morgan fingerprint density at radius 3 is 2.62 bits per heavy atom. The maximum absolute atomic E-state index is 13.9. The average Bonchev–Trinajstić information content (AvgIpc) is 3.60. The van der Waals surface area contributed by atoms with Crippen molar-refractivity contribution in [2.24, 2.45) is 5.73 Å². The molecule has 4 heterocycles. The molecule has 4 aromatic heterocycles. The fourth-order valence-electron chi connectivity index (χ4n) is 4.45. The van der Waals surface area contributed by atoms with Gasteiger partial charge in [-0.3, -0.25) is 14.9 Å². The van der Waals surface area contributed by atoms with Crippen LogP contribution in [-0.2, 0) is 0 Å². The number of nitrogens with two attached hydrogens (primary N) is 1. The number of aromatic nitrogens is 6. The summed E-state index contributed by atoms with van der Waals surface area (Å²) in [5, 5.41) is 10.3. The molecule has 0 aliphatic heterocycles. The highest BCUT2D eigenvalue weighted by Gasteiger charge is 2.17. The molecule has 10 heteroatoms. The number of allylic oxidation sites excluding steroid dienone is 3. The molecule has 9 nitrogen and oxygen atoms in total. The number of benzene rings is 2. The molecule has 0 aliphatic rings. The first-order chi connectivity index (χ1) is 19.5. The molecule has 5 N–H and O–H groups in total. The van der Waals surface area contributed by atoms with E-state index in [2.05, 4.69) is 25.5 Å². The Bertz CT molecular complexity index is 1940. The van der Waals surface area contributed by atoms with Crippen molar-refractivity contribution in [1.29, 1.82) is 0 Å². The van der Waals surface area contributed by atoms with Crippen LogP contribution in [0.3, 0.4) is 0 Å². The van der Waals surface area contributed by atoms with Crippen LogP contribution in [0.2, 0.25) is 0 Å². The second-order valence-corrected chi connectivity index (χ2v) is 9.11. The van der Waals surface area contributed by atoms with Gasteiger partial charge in [0.15, 0.2) is 11.5 Å². The van der Waals surface area contributed by atoms with Crippen molar-refractivity contribution in [2.75, 3.05) is 0 Å². The van der Waals surface area contributed by atoms with Crippen LogP contribution in [0.4, 0.5) is 4.39 Å². The van der Waals surface area contributed by atoms with Crippen LogP contribution < -0.4 is 11.1 Å². The lowest BCUT2D eigenvalue weighted by molar-refractivity contribution is 0.0966. The number of nitrogens with one attached hydrogen (secondary N) is 3. The van der Waals surface area contributed by atoms with Crippen molar-refractivity contribution >= 4 is 33.5 Å². The number of pyridine rings is 2. The first-order valence-corrected chi connectivity index (χ1v) is 12.4. The molecular weight excluding hydrogens is 507 g/mol. The van der Waals surface area contributed by atoms with Gasteiger partial charge in [-0.1, -0.05) is 30.3 Å². The van der Waals surface area contributed by atoms with Crippen molar-refractivity contribution < 1.29 is 9.18 Å². The van der Waals surface area contributed by atoms with Gasteiger partial charge in [0.25, 0.3) is 5.91 Å². The molecule has 0 unspecified atom stereocenters. The zero-order valence-electron chi connectivity index (χ0n) is 21.3.